The van der Waals surface area contributed by atoms with Crippen LogP contribution in [0.4, 0.5) is 19.0 Å². The number of hydrogen-bond acceptors (Lipinski definition) is 9. The lowest BCUT2D eigenvalue weighted by Gasteiger charge is -2.17. The van der Waals surface area contributed by atoms with Crippen molar-refractivity contribution in [1.82, 2.24) is 24.8 Å². The number of hydrogen-bond donors (Lipinski definition) is 4. The molecule has 0 bridgehead atoms. The van der Waals surface area contributed by atoms with Crippen LogP contribution in [0.3, 0.4) is 0 Å². The van der Waals surface area contributed by atoms with E-state index < -0.39 is 42.6 Å². The van der Waals surface area contributed by atoms with Crippen molar-refractivity contribution in [3.05, 3.63) is 66.5 Å². The summed E-state index contributed by atoms with van der Waals surface area (Å²) >= 11 is 0. The summed E-state index contributed by atoms with van der Waals surface area (Å²) < 4.78 is 49.5. The average molecular weight is 544 g/mol. The Morgan fingerprint density at radius 3 is 2.59 bits per heavy atom. The number of aliphatic hydroxyl groups excluding tert-OH is 2. The second-order valence-corrected chi connectivity index (χ2v) is 8.68. The van der Waals surface area contributed by atoms with Gasteiger partial charge in [-0.25, -0.2) is 15.0 Å². The molecule has 4 N–H and O–H groups in total. The standard InChI is InChI=1S/C25H23F3N6O5/c1-29-23(37)19-17(35)18(36)24(38-19)34-12-31-16-21(30-11-13-6-3-2-4-7-13)32-20(33-22(16)34)14-8-5-9-15(10-14)39-25(26,27)28/h2-10,12,17-19,24,35-36H,11H2,1H3,(H,29,37)(H,30,32,33)/t17?,18?,19-,24?/m1/s1. The van der Waals surface area contributed by atoms with Gasteiger partial charge in [-0.15, -0.1) is 13.2 Å². The summed E-state index contributed by atoms with van der Waals surface area (Å²) in [6.45, 7) is 0.344. The lowest BCUT2D eigenvalue weighted by Crippen LogP contribution is -2.41. The molecule has 0 saturated carbocycles. The van der Waals surface area contributed by atoms with Gasteiger partial charge in [-0.3, -0.25) is 9.36 Å². The fourth-order valence-corrected chi connectivity index (χ4v) is 4.22. The number of amides is 1. The normalized spacial score (nSPS) is 21.2. The number of halogens is 3. The van der Waals surface area contributed by atoms with Gasteiger partial charge in [0.2, 0.25) is 0 Å². The molecule has 4 atom stereocenters. The molecule has 14 heteroatoms. The Bertz CT molecular complexity index is 1480. The number of ether oxygens (including phenoxy) is 2. The van der Waals surface area contributed by atoms with E-state index in [1.165, 1.54) is 30.1 Å². The summed E-state index contributed by atoms with van der Waals surface area (Å²) in [5.74, 6) is -0.795. The zero-order valence-corrected chi connectivity index (χ0v) is 20.3. The predicted octanol–water partition coefficient (Wildman–Crippen LogP) is 2.37. The fourth-order valence-electron chi connectivity index (χ4n) is 4.22. The molecule has 3 unspecified atom stereocenters. The number of likely N-dealkylation sites (N-methyl/N-ethyl adjacent to an activating group) is 1. The maximum absolute atomic E-state index is 12.8. The van der Waals surface area contributed by atoms with Crippen molar-refractivity contribution in [2.24, 2.45) is 0 Å². The lowest BCUT2D eigenvalue weighted by molar-refractivity contribution is -0.274. The van der Waals surface area contributed by atoms with Crippen molar-refractivity contribution < 1.29 is 37.7 Å². The van der Waals surface area contributed by atoms with Gasteiger partial charge in [0.05, 0.1) is 6.33 Å². The van der Waals surface area contributed by atoms with E-state index >= 15 is 0 Å². The Labute approximate surface area is 219 Å². The third-order valence-electron chi connectivity index (χ3n) is 6.07. The van der Waals surface area contributed by atoms with Gasteiger partial charge >= 0.3 is 6.36 Å². The van der Waals surface area contributed by atoms with E-state index in [1.54, 1.807) is 0 Å². The predicted molar refractivity (Wildman–Crippen MR) is 131 cm³/mol. The van der Waals surface area contributed by atoms with Crippen LogP contribution in [0.15, 0.2) is 60.9 Å². The largest absolute Gasteiger partial charge is 0.573 e. The van der Waals surface area contributed by atoms with Gasteiger partial charge in [-0.05, 0) is 17.7 Å². The molecule has 2 aromatic heterocycles. The third kappa shape index (κ3) is 5.48. The maximum atomic E-state index is 12.8. The number of aromatic nitrogens is 4. The van der Waals surface area contributed by atoms with E-state index in [2.05, 4.69) is 30.3 Å². The van der Waals surface area contributed by atoms with Crippen molar-refractivity contribution in [2.75, 3.05) is 12.4 Å². The Morgan fingerprint density at radius 1 is 1.10 bits per heavy atom. The minimum Gasteiger partial charge on any atom is -0.406 e. The first-order chi connectivity index (χ1) is 18.6. The minimum absolute atomic E-state index is 0.0309. The Morgan fingerprint density at radius 2 is 1.87 bits per heavy atom. The molecule has 0 aliphatic carbocycles. The van der Waals surface area contributed by atoms with E-state index in [0.717, 1.165) is 17.7 Å². The summed E-state index contributed by atoms with van der Waals surface area (Å²) in [5.41, 5.74) is 1.56. The van der Waals surface area contributed by atoms with Crippen LogP contribution in [0.5, 0.6) is 5.75 Å². The highest BCUT2D eigenvalue weighted by atomic mass is 19.4. The molecule has 2 aromatic carbocycles. The van der Waals surface area contributed by atoms with Crippen molar-refractivity contribution in [3.63, 3.8) is 0 Å². The van der Waals surface area contributed by atoms with Crippen LogP contribution in [0.25, 0.3) is 22.6 Å². The summed E-state index contributed by atoms with van der Waals surface area (Å²) in [7, 11) is 1.37. The minimum atomic E-state index is -4.89. The van der Waals surface area contributed by atoms with E-state index in [4.69, 9.17) is 4.74 Å². The zero-order valence-electron chi connectivity index (χ0n) is 20.3. The second kappa shape index (κ2) is 10.5. The molecular weight excluding hydrogens is 521 g/mol. The number of carbonyl (C=O) groups is 1. The molecule has 11 nitrogen and oxygen atoms in total. The molecule has 1 aliphatic rings. The highest BCUT2D eigenvalue weighted by Crippen LogP contribution is 2.34. The smallest absolute Gasteiger partial charge is 0.406 e. The molecule has 3 heterocycles. The van der Waals surface area contributed by atoms with Crippen molar-refractivity contribution in [2.45, 2.75) is 37.4 Å². The molecule has 1 aliphatic heterocycles. The van der Waals surface area contributed by atoms with Gasteiger partial charge in [0.1, 0.15) is 18.0 Å². The van der Waals surface area contributed by atoms with E-state index in [-0.39, 0.29) is 28.4 Å². The van der Waals surface area contributed by atoms with E-state index in [0.29, 0.717) is 6.54 Å². The van der Waals surface area contributed by atoms with Gasteiger partial charge in [-0.1, -0.05) is 42.5 Å². The number of imidazole rings is 1. The molecule has 5 rings (SSSR count). The van der Waals surface area contributed by atoms with Gasteiger partial charge in [0, 0.05) is 19.2 Å². The number of benzene rings is 2. The van der Waals surface area contributed by atoms with Crippen molar-refractivity contribution >= 4 is 22.9 Å². The Kier molecular flexibility index (Phi) is 7.08. The quantitative estimate of drug-likeness (QED) is 0.276. The highest BCUT2D eigenvalue weighted by Gasteiger charge is 2.47. The number of nitrogens with one attached hydrogen (secondary N) is 2. The maximum Gasteiger partial charge on any atom is 0.573 e. The molecule has 0 radical (unpaired) electrons. The number of alkyl halides is 3. The van der Waals surface area contributed by atoms with Crippen molar-refractivity contribution in [1.29, 1.82) is 0 Å². The van der Waals surface area contributed by atoms with Gasteiger partial charge in [-0.2, -0.15) is 0 Å². The second-order valence-electron chi connectivity index (χ2n) is 8.68. The van der Waals surface area contributed by atoms with Crippen LogP contribution in [-0.4, -0.2) is 67.4 Å². The number of rotatable bonds is 7. The molecule has 1 amide bonds. The number of carbonyl (C=O) groups excluding carboxylic acids is 1. The van der Waals surface area contributed by atoms with Crippen LogP contribution >= 0.6 is 0 Å². The lowest BCUT2D eigenvalue weighted by atomic mass is 10.1. The number of nitrogens with zero attached hydrogens (tertiary/aromatic N) is 4. The first-order valence-corrected chi connectivity index (χ1v) is 11.8. The van der Waals surface area contributed by atoms with Crippen molar-refractivity contribution in [3.8, 4) is 17.1 Å². The topological polar surface area (TPSA) is 144 Å². The summed E-state index contributed by atoms with van der Waals surface area (Å²) in [4.78, 5) is 25.5. The van der Waals surface area contributed by atoms with Gasteiger partial charge in [0.25, 0.3) is 5.91 Å². The molecule has 39 heavy (non-hydrogen) atoms. The van der Waals surface area contributed by atoms with E-state index in [1.807, 2.05) is 30.3 Å². The van der Waals surface area contributed by atoms with E-state index in [9.17, 15) is 28.2 Å². The summed E-state index contributed by atoms with van der Waals surface area (Å²) in [6, 6.07) is 14.6. The van der Waals surface area contributed by atoms with Gasteiger partial charge < -0.3 is 30.3 Å². The van der Waals surface area contributed by atoms with Crippen LogP contribution in [0, 0.1) is 0 Å². The van der Waals surface area contributed by atoms with Crippen LogP contribution in [0.2, 0.25) is 0 Å². The molecular formula is C25H23F3N6O5. The van der Waals surface area contributed by atoms with Crippen LogP contribution in [-0.2, 0) is 16.1 Å². The SMILES string of the molecule is CNC(=O)[C@@H]1OC(n2cnc3c(NCc4ccccc4)nc(-c4cccc(OC(F)(F)F)c4)nc32)C(O)C1O. The molecule has 204 valence electrons. The zero-order chi connectivity index (χ0) is 27.7. The first kappa shape index (κ1) is 26.3. The average Bonchev–Trinajstić information content (AvgIpc) is 3.47. The highest BCUT2D eigenvalue weighted by molar-refractivity contribution is 5.85. The Hall–Kier alpha value is -4.27. The molecule has 0 spiro atoms. The fraction of sp³-hybridized carbons (Fsp3) is 0.280. The number of aliphatic hydroxyl groups is 2. The van der Waals surface area contributed by atoms with Crippen LogP contribution in [0.1, 0.15) is 11.8 Å². The van der Waals surface area contributed by atoms with Crippen LogP contribution < -0.4 is 15.4 Å². The third-order valence-corrected chi connectivity index (χ3v) is 6.07. The Balaban J connectivity index is 1.58. The van der Waals surface area contributed by atoms with Gasteiger partial charge in [0.15, 0.2) is 35.1 Å². The molecule has 4 aromatic rings. The summed E-state index contributed by atoms with van der Waals surface area (Å²) in [5, 5.41) is 26.6. The first-order valence-electron chi connectivity index (χ1n) is 11.8. The monoisotopic (exact) mass is 544 g/mol. The number of fused-ring (bicyclic) bond motifs is 1. The summed E-state index contributed by atoms with van der Waals surface area (Å²) in [6.07, 6.45) is -9.19. The molecule has 1 fully saturated rings. The number of anilines is 1. The molecule has 1 saturated heterocycles.